The number of fused-ring (bicyclic) bond motifs is 3. The van der Waals surface area contributed by atoms with E-state index in [2.05, 4.69) is 27.8 Å². The zero-order chi connectivity index (χ0) is 19.3. The number of pyridine rings is 1. The number of aryl methyl sites for hydroxylation is 1. The van der Waals surface area contributed by atoms with E-state index in [-0.39, 0.29) is 0 Å². The lowest BCUT2D eigenvalue weighted by molar-refractivity contribution is 0.347. The monoisotopic (exact) mass is 390 g/mol. The van der Waals surface area contributed by atoms with Gasteiger partial charge in [-0.05, 0) is 48.2 Å². The van der Waals surface area contributed by atoms with E-state index in [1.54, 1.807) is 0 Å². The van der Waals surface area contributed by atoms with E-state index in [9.17, 15) is 0 Å². The quantitative estimate of drug-likeness (QED) is 0.459. The van der Waals surface area contributed by atoms with Gasteiger partial charge in [0.05, 0.1) is 22.7 Å². The molecule has 0 bridgehead atoms. The number of aromatic nitrogens is 3. The summed E-state index contributed by atoms with van der Waals surface area (Å²) >= 11 is 6.06. The van der Waals surface area contributed by atoms with Crippen molar-refractivity contribution in [1.29, 1.82) is 5.41 Å². The maximum absolute atomic E-state index is 8.76. The number of nitrogens with zero attached hydrogens (tertiary/aromatic N) is 3. The highest BCUT2D eigenvalue weighted by atomic mass is 35.5. The molecule has 28 heavy (non-hydrogen) atoms. The Bertz CT molecular complexity index is 1230. The first-order valence-electron chi connectivity index (χ1n) is 9.94. The molecule has 1 saturated carbocycles. The fraction of sp³-hybridized carbons (Fsp3) is 0.304. The van der Waals surface area contributed by atoms with Gasteiger partial charge in [-0.2, -0.15) is 0 Å². The summed E-state index contributed by atoms with van der Waals surface area (Å²) in [4.78, 5) is 4.68. The standard InChI is InChI=1S/C23H23ClN4/c1-27-21-14-26-20-12-9-16(15-7-10-17(24)11-8-15)13-19(20)22(21)28(23(27)25)18-5-3-2-4-6-18/h7-14,18,25H,2-6H2,1H3. The lowest BCUT2D eigenvalue weighted by Gasteiger charge is -2.24. The van der Waals surface area contributed by atoms with Crippen LogP contribution in [0.5, 0.6) is 0 Å². The summed E-state index contributed by atoms with van der Waals surface area (Å²) in [5.41, 5.74) is 5.98. The highest BCUT2D eigenvalue weighted by molar-refractivity contribution is 6.30. The lowest BCUT2D eigenvalue weighted by atomic mass is 9.95. The van der Waals surface area contributed by atoms with E-state index < -0.39 is 0 Å². The molecule has 5 rings (SSSR count). The molecule has 4 nitrogen and oxygen atoms in total. The largest absolute Gasteiger partial charge is 0.312 e. The van der Waals surface area contributed by atoms with Crippen molar-refractivity contribution in [2.75, 3.05) is 0 Å². The second kappa shape index (κ2) is 6.78. The van der Waals surface area contributed by atoms with Crippen molar-refractivity contribution in [3.63, 3.8) is 0 Å². The third kappa shape index (κ3) is 2.75. The van der Waals surface area contributed by atoms with Gasteiger partial charge in [-0.3, -0.25) is 10.4 Å². The molecule has 0 atom stereocenters. The summed E-state index contributed by atoms with van der Waals surface area (Å²) < 4.78 is 4.22. The van der Waals surface area contributed by atoms with Crippen LogP contribution < -0.4 is 5.62 Å². The number of benzene rings is 2. The highest BCUT2D eigenvalue weighted by Gasteiger charge is 2.22. The maximum Gasteiger partial charge on any atom is 0.203 e. The summed E-state index contributed by atoms with van der Waals surface area (Å²) in [5, 5.41) is 10.6. The van der Waals surface area contributed by atoms with Crippen molar-refractivity contribution in [2.45, 2.75) is 38.1 Å². The van der Waals surface area contributed by atoms with Crippen molar-refractivity contribution >= 4 is 33.5 Å². The Morgan fingerprint density at radius 1 is 1.00 bits per heavy atom. The van der Waals surface area contributed by atoms with Gasteiger partial charge in [0.1, 0.15) is 0 Å². The molecule has 5 heteroatoms. The average Bonchev–Trinajstić information content (AvgIpc) is 3.00. The van der Waals surface area contributed by atoms with Gasteiger partial charge in [-0.1, -0.05) is 49.1 Å². The molecule has 0 spiro atoms. The van der Waals surface area contributed by atoms with Gasteiger partial charge in [-0.25, -0.2) is 0 Å². The second-order valence-electron chi connectivity index (χ2n) is 7.78. The Morgan fingerprint density at radius 2 is 1.71 bits per heavy atom. The SMILES string of the molecule is Cn1c(=N)n(C2CCCCC2)c2c3cc(-c4ccc(Cl)cc4)ccc3ncc21. The van der Waals surface area contributed by atoms with E-state index in [0.717, 1.165) is 50.9 Å². The molecule has 1 aliphatic rings. The van der Waals surface area contributed by atoms with Crippen molar-refractivity contribution in [3.8, 4) is 11.1 Å². The third-order valence-electron chi connectivity index (χ3n) is 6.09. The molecule has 1 fully saturated rings. The molecule has 2 heterocycles. The molecule has 1 N–H and O–H groups in total. The summed E-state index contributed by atoms with van der Waals surface area (Å²) in [7, 11) is 1.97. The Labute approximate surface area is 168 Å². The Kier molecular flexibility index (Phi) is 4.24. The van der Waals surface area contributed by atoms with Gasteiger partial charge in [0.15, 0.2) is 0 Å². The predicted octanol–water partition coefficient (Wildman–Crippen LogP) is 5.83. The van der Waals surface area contributed by atoms with Crippen LogP contribution in [0.4, 0.5) is 0 Å². The van der Waals surface area contributed by atoms with Gasteiger partial charge < -0.3 is 9.13 Å². The fourth-order valence-corrected chi connectivity index (χ4v) is 4.69. The molecule has 0 amide bonds. The van der Waals surface area contributed by atoms with Gasteiger partial charge >= 0.3 is 0 Å². The van der Waals surface area contributed by atoms with E-state index in [0.29, 0.717) is 11.7 Å². The summed E-state index contributed by atoms with van der Waals surface area (Å²) in [6, 6.07) is 14.8. The average molecular weight is 391 g/mol. The minimum atomic E-state index is 0.398. The maximum atomic E-state index is 8.76. The van der Waals surface area contributed by atoms with Crippen molar-refractivity contribution in [2.24, 2.45) is 7.05 Å². The van der Waals surface area contributed by atoms with E-state index >= 15 is 0 Å². The number of hydrogen-bond acceptors (Lipinski definition) is 2. The minimum absolute atomic E-state index is 0.398. The molecule has 0 aliphatic heterocycles. The molecular formula is C23H23ClN4. The molecule has 0 saturated heterocycles. The van der Waals surface area contributed by atoms with Crippen LogP contribution >= 0.6 is 11.6 Å². The Balaban J connectivity index is 1.79. The lowest BCUT2D eigenvalue weighted by Crippen LogP contribution is -2.27. The van der Waals surface area contributed by atoms with Crippen LogP contribution in [0.25, 0.3) is 33.1 Å². The Morgan fingerprint density at radius 3 is 2.46 bits per heavy atom. The van der Waals surface area contributed by atoms with Crippen LogP contribution in [-0.4, -0.2) is 14.1 Å². The minimum Gasteiger partial charge on any atom is -0.312 e. The smallest absolute Gasteiger partial charge is 0.203 e. The predicted molar refractivity (Wildman–Crippen MR) is 115 cm³/mol. The number of imidazole rings is 1. The van der Waals surface area contributed by atoms with Gasteiger partial charge in [0, 0.05) is 23.5 Å². The number of nitrogens with one attached hydrogen (secondary N) is 1. The molecule has 0 unspecified atom stereocenters. The van der Waals surface area contributed by atoms with Crippen LogP contribution in [0, 0.1) is 5.41 Å². The molecule has 0 radical (unpaired) electrons. The molecule has 2 aromatic carbocycles. The zero-order valence-electron chi connectivity index (χ0n) is 16.0. The van der Waals surface area contributed by atoms with Crippen molar-refractivity contribution < 1.29 is 0 Å². The van der Waals surface area contributed by atoms with Crippen molar-refractivity contribution in [1.82, 2.24) is 14.1 Å². The summed E-state index contributed by atoms with van der Waals surface area (Å²) in [6.45, 7) is 0. The van der Waals surface area contributed by atoms with Crippen LogP contribution in [0.15, 0.2) is 48.7 Å². The number of rotatable bonds is 2. The van der Waals surface area contributed by atoms with Crippen LogP contribution in [-0.2, 0) is 7.05 Å². The first-order chi connectivity index (χ1) is 13.6. The molecule has 4 aromatic rings. The van der Waals surface area contributed by atoms with Gasteiger partial charge in [-0.15, -0.1) is 0 Å². The van der Waals surface area contributed by atoms with E-state index in [1.165, 1.54) is 19.3 Å². The molecular weight excluding hydrogens is 368 g/mol. The number of halogens is 1. The first kappa shape index (κ1) is 17.5. The molecule has 142 valence electrons. The van der Waals surface area contributed by atoms with Crippen LogP contribution in [0.3, 0.4) is 0 Å². The van der Waals surface area contributed by atoms with Gasteiger partial charge in [0.2, 0.25) is 5.62 Å². The van der Waals surface area contributed by atoms with Crippen LogP contribution in [0.2, 0.25) is 5.02 Å². The number of hydrogen-bond donors (Lipinski definition) is 1. The highest BCUT2D eigenvalue weighted by Crippen LogP contribution is 2.34. The van der Waals surface area contributed by atoms with E-state index in [1.807, 2.05) is 42.1 Å². The van der Waals surface area contributed by atoms with Crippen LogP contribution in [0.1, 0.15) is 38.1 Å². The Hall–Kier alpha value is -2.59. The summed E-state index contributed by atoms with van der Waals surface area (Å²) in [5.74, 6) is 0. The summed E-state index contributed by atoms with van der Waals surface area (Å²) in [6.07, 6.45) is 8.00. The zero-order valence-corrected chi connectivity index (χ0v) is 16.7. The molecule has 1 aliphatic carbocycles. The second-order valence-corrected chi connectivity index (χ2v) is 8.21. The normalized spacial score (nSPS) is 15.5. The van der Waals surface area contributed by atoms with E-state index in [4.69, 9.17) is 17.0 Å². The fourth-order valence-electron chi connectivity index (χ4n) is 4.56. The third-order valence-corrected chi connectivity index (χ3v) is 6.34. The first-order valence-corrected chi connectivity index (χ1v) is 10.3. The topological polar surface area (TPSA) is 46.6 Å². The van der Waals surface area contributed by atoms with Crippen molar-refractivity contribution in [3.05, 3.63) is 59.3 Å². The van der Waals surface area contributed by atoms with Gasteiger partial charge in [0.25, 0.3) is 0 Å². The molecule has 2 aromatic heterocycles.